The Kier molecular flexibility index (Phi) is 18.6. The van der Waals surface area contributed by atoms with E-state index in [-0.39, 0.29) is 17.3 Å². The van der Waals surface area contributed by atoms with Crippen molar-refractivity contribution in [1.82, 2.24) is 0 Å². The Morgan fingerprint density at radius 3 is 1.45 bits per heavy atom. The Balaban J connectivity index is 0.00000115. The standard InChI is InChI=1S/C28H56O2.C6H8O6/c1-10-11-12-13-14-15-16-17-18-19-20-21-27(22(2)3,23(4)5)28(24(6)7,25(8)9)26(29)30;7-1-2(8)5-3(9)4(10)6(11)12-5/h22-25H,10-21H2,1-9H3,(H,29,30);2,5,7-10H,1H2/t;2-,5+/m.1/s1. The van der Waals surface area contributed by atoms with Gasteiger partial charge in [-0.15, -0.1) is 0 Å². The molecule has 0 unspecified atom stereocenters. The number of carbonyl (C=O) groups is 2. The summed E-state index contributed by atoms with van der Waals surface area (Å²) in [5, 5.41) is 45.6. The van der Waals surface area contributed by atoms with Crippen molar-refractivity contribution in [2.45, 2.75) is 152 Å². The molecule has 8 heteroatoms. The quantitative estimate of drug-likeness (QED) is 0.0699. The molecular formula is C34H64O8. The van der Waals surface area contributed by atoms with Crippen LogP contribution in [0.15, 0.2) is 11.5 Å². The molecule has 1 aliphatic heterocycles. The van der Waals surface area contributed by atoms with Gasteiger partial charge in [0.25, 0.3) is 0 Å². The van der Waals surface area contributed by atoms with Gasteiger partial charge in [0.05, 0.1) is 12.0 Å². The van der Waals surface area contributed by atoms with Crippen LogP contribution in [-0.4, -0.2) is 56.3 Å². The lowest BCUT2D eigenvalue weighted by Gasteiger charge is -2.58. The number of carboxylic acid groups (broad SMARTS) is 1. The first-order chi connectivity index (χ1) is 19.6. The van der Waals surface area contributed by atoms with E-state index in [4.69, 9.17) is 20.4 Å². The molecule has 0 bridgehead atoms. The highest BCUT2D eigenvalue weighted by Crippen LogP contribution is 2.61. The lowest BCUT2D eigenvalue weighted by molar-refractivity contribution is -0.186. The van der Waals surface area contributed by atoms with E-state index in [9.17, 15) is 14.7 Å². The summed E-state index contributed by atoms with van der Waals surface area (Å²) in [7, 11) is 0. The number of hydrogen-bond donors (Lipinski definition) is 5. The molecule has 1 aliphatic rings. The Labute approximate surface area is 256 Å². The first-order valence-electron chi connectivity index (χ1n) is 16.5. The zero-order chi connectivity index (χ0) is 32.7. The molecule has 5 N–H and O–H groups in total. The zero-order valence-corrected chi connectivity index (χ0v) is 28.1. The van der Waals surface area contributed by atoms with E-state index in [2.05, 4.69) is 67.1 Å². The topological polar surface area (TPSA) is 145 Å². The van der Waals surface area contributed by atoms with E-state index in [1.54, 1.807) is 0 Å². The summed E-state index contributed by atoms with van der Waals surface area (Å²) in [6.07, 6.45) is 12.9. The SMILES string of the molecule is CCCCCCCCCCCCCC(C(C)C)(C(C)C)C(C(=O)O)(C(C)C)C(C)C.O=C1O[C@@H]([C@H](O)CO)C(O)=C1O. The number of carboxylic acids is 1. The zero-order valence-electron chi connectivity index (χ0n) is 28.1. The molecular weight excluding hydrogens is 536 g/mol. The Bertz CT molecular complexity index is 798. The second-order valence-corrected chi connectivity index (χ2v) is 13.4. The maximum absolute atomic E-state index is 12.9. The molecule has 1 heterocycles. The fourth-order valence-electron chi connectivity index (χ4n) is 7.75. The molecule has 0 fully saturated rings. The number of esters is 1. The minimum absolute atomic E-state index is 0.118. The molecule has 0 saturated carbocycles. The first kappa shape index (κ1) is 40.2. The summed E-state index contributed by atoms with van der Waals surface area (Å²) in [5.74, 6) is -2.43. The van der Waals surface area contributed by atoms with Crippen molar-refractivity contribution in [1.29, 1.82) is 0 Å². The fourth-order valence-corrected chi connectivity index (χ4v) is 7.75. The number of rotatable bonds is 20. The molecule has 0 radical (unpaired) electrons. The van der Waals surface area contributed by atoms with Crippen molar-refractivity contribution in [3.8, 4) is 0 Å². The number of aliphatic carboxylic acids is 1. The number of hydrogen-bond acceptors (Lipinski definition) is 7. The van der Waals surface area contributed by atoms with E-state index >= 15 is 0 Å². The second kappa shape index (κ2) is 19.5. The largest absolute Gasteiger partial charge is 0.505 e. The van der Waals surface area contributed by atoms with Gasteiger partial charge < -0.3 is 30.3 Å². The molecule has 248 valence electrons. The van der Waals surface area contributed by atoms with Crippen molar-refractivity contribution in [3.05, 3.63) is 11.5 Å². The second-order valence-electron chi connectivity index (χ2n) is 13.4. The predicted molar refractivity (Wildman–Crippen MR) is 168 cm³/mol. The molecule has 0 aromatic rings. The van der Waals surface area contributed by atoms with Gasteiger partial charge in [0.15, 0.2) is 11.9 Å². The maximum Gasteiger partial charge on any atom is 0.377 e. The lowest BCUT2D eigenvalue weighted by atomic mass is 9.44. The van der Waals surface area contributed by atoms with Crippen LogP contribution in [0.5, 0.6) is 0 Å². The van der Waals surface area contributed by atoms with Crippen molar-refractivity contribution in [3.63, 3.8) is 0 Å². The van der Waals surface area contributed by atoms with Crippen LogP contribution in [-0.2, 0) is 14.3 Å². The highest BCUT2D eigenvalue weighted by Gasteiger charge is 2.62. The smallest absolute Gasteiger partial charge is 0.377 e. The number of carbonyl (C=O) groups excluding carboxylic acids is 1. The van der Waals surface area contributed by atoms with Gasteiger partial charge in [-0.05, 0) is 35.5 Å². The van der Waals surface area contributed by atoms with Gasteiger partial charge in [0.1, 0.15) is 6.10 Å². The minimum Gasteiger partial charge on any atom is -0.505 e. The van der Waals surface area contributed by atoms with E-state index < -0.39 is 47.7 Å². The van der Waals surface area contributed by atoms with Gasteiger partial charge in [-0.3, -0.25) is 4.79 Å². The monoisotopic (exact) mass is 600 g/mol. The number of aliphatic hydroxyl groups is 4. The van der Waals surface area contributed by atoms with Gasteiger partial charge >= 0.3 is 11.9 Å². The summed E-state index contributed by atoms with van der Waals surface area (Å²) >= 11 is 0. The number of unbranched alkanes of at least 4 members (excludes halogenated alkanes) is 10. The van der Waals surface area contributed by atoms with Gasteiger partial charge in [-0.25, -0.2) is 4.79 Å². The van der Waals surface area contributed by atoms with Gasteiger partial charge in [-0.1, -0.05) is 133 Å². The molecule has 42 heavy (non-hydrogen) atoms. The average Bonchev–Trinajstić information content (AvgIpc) is 3.17. The third kappa shape index (κ3) is 9.87. The highest BCUT2D eigenvalue weighted by atomic mass is 16.6. The van der Waals surface area contributed by atoms with Gasteiger partial charge in [-0.2, -0.15) is 0 Å². The number of aliphatic hydroxyl groups excluding tert-OH is 4. The normalized spacial score (nSPS) is 16.8. The van der Waals surface area contributed by atoms with Crippen molar-refractivity contribution in [2.24, 2.45) is 34.5 Å². The third-order valence-electron chi connectivity index (χ3n) is 9.68. The molecule has 0 spiro atoms. The Morgan fingerprint density at radius 2 is 1.17 bits per heavy atom. The third-order valence-corrected chi connectivity index (χ3v) is 9.68. The van der Waals surface area contributed by atoms with Crippen molar-refractivity contribution >= 4 is 11.9 Å². The average molecular weight is 601 g/mol. The van der Waals surface area contributed by atoms with Crippen LogP contribution in [0, 0.1) is 34.5 Å². The summed E-state index contributed by atoms with van der Waals surface area (Å²) in [6.45, 7) is 19.2. The van der Waals surface area contributed by atoms with E-state index in [1.807, 2.05) is 0 Å². The molecule has 0 amide bonds. The van der Waals surface area contributed by atoms with Crippen LogP contribution in [0.4, 0.5) is 0 Å². The number of ether oxygens (including phenoxy) is 1. The van der Waals surface area contributed by atoms with Crippen LogP contribution in [0.2, 0.25) is 0 Å². The van der Waals surface area contributed by atoms with Crippen LogP contribution in [0.3, 0.4) is 0 Å². The molecule has 0 aromatic carbocycles. The summed E-state index contributed by atoms with van der Waals surface area (Å²) in [6, 6.07) is 0. The van der Waals surface area contributed by atoms with Gasteiger partial charge in [0, 0.05) is 0 Å². The molecule has 0 aliphatic carbocycles. The molecule has 0 aromatic heterocycles. The van der Waals surface area contributed by atoms with Crippen LogP contribution in [0.25, 0.3) is 0 Å². The minimum atomic E-state index is -1.42. The fraction of sp³-hybridized carbons (Fsp3) is 0.882. The Morgan fingerprint density at radius 1 is 0.762 bits per heavy atom. The Hall–Kier alpha value is -1.80. The molecule has 8 nitrogen and oxygen atoms in total. The van der Waals surface area contributed by atoms with E-state index in [1.165, 1.54) is 64.2 Å². The molecule has 0 saturated heterocycles. The lowest BCUT2D eigenvalue weighted by Crippen LogP contribution is -2.59. The maximum atomic E-state index is 12.9. The van der Waals surface area contributed by atoms with E-state index in [0.29, 0.717) is 11.8 Å². The van der Waals surface area contributed by atoms with Crippen LogP contribution >= 0.6 is 0 Å². The molecule has 1 rings (SSSR count). The van der Waals surface area contributed by atoms with Crippen molar-refractivity contribution in [2.75, 3.05) is 6.61 Å². The van der Waals surface area contributed by atoms with Crippen LogP contribution in [0.1, 0.15) is 139 Å². The van der Waals surface area contributed by atoms with E-state index in [0.717, 1.165) is 12.8 Å². The molecule has 2 atom stereocenters. The van der Waals surface area contributed by atoms with Gasteiger partial charge in [0.2, 0.25) is 5.76 Å². The summed E-state index contributed by atoms with van der Waals surface area (Å²) in [4.78, 5) is 23.4. The van der Waals surface area contributed by atoms with Crippen LogP contribution < -0.4 is 0 Å². The summed E-state index contributed by atoms with van der Waals surface area (Å²) < 4.78 is 4.32. The first-order valence-corrected chi connectivity index (χ1v) is 16.5. The highest BCUT2D eigenvalue weighted by molar-refractivity contribution is 5.89. The van der Waals surface area contributed by atoms with Crippen molar-refractivity contribution < 1.29 is 39.9 Å². The predicted octanol–water partition coefficient (Wildman–Crippen LogP) is 7.96. The summed E-state index contributed by atoms with van der Waals surface area (Å²) in [5.41, 5.74) is -0.867. The number of cyclic esters (lactones) is 1.